The van der Waals surface area contributed by atoms with Gasteiger partial charge in [0.2, 0.25) is 0 Å². The van der Waals surface area contributed by atoms with Crippen LogP contribution in [-0.2, 0) is 16.3 Å². The van der Waals surface area contributed by atoms with Gasteiger partial charge in [-0.25, -0.2) is 8.42 Å². The number of ether oxygens (including phenoxy) is 1. The Hall–Kier alpha value is -1.60. The van der Waals surface area contributed by atoms with Gasteiger partial charge in [0, 0.05) is 24.4 Å². The van der Waals surface area contributed by atoms with Crippen molar-refractivity contribution < 1.29 is 18.3 Å². The van der Waals surface area contributed by atoms with Gasteiger partial charge >= 0.3 is 0 Å². The highest BCUT2D eigenvalue weighted by Crippen LogP contribution is 2.24. The number of hydrogen-bond acceptors (Lipinski definition) is 5. The second kappa shape index (κ2) is 8.82. The third-order valence-corrected chi connectivity index (χ3v) is 6.36. The van der Waals surface area contributed by atoms with E-state index < -0.39 is 15.4 Å². The molecular weight excluding hydrogens is 398 g/mol. The number of benzene rings is 2. The molecule has 1 heterocycles. The number of sulfone groups is 1. The summed E-state index contributed by atoms with van der Waals surface area (Å²) in [4.78, 5) is 2.50. The van der Waals surface area contributed by atoms with E-state index in [4.69, 9.17) is 16.3 Å². The first-order valence-electron chi connectivity index (χ1n) is 9.36. The molecule has 2 aromatic rings. The summed E-state index contributed by atoms with van der Waals surface area (Å²) in [6.45, 7) is 2.53. The summed E-state index contributed by atoms with van der Waals surface area (Å²) in [5.74, 6) is 0.553. The van der Waals surface area contributed by atoms with E-state index in [1.54, 1.807) is 12.1 Å². The third kappa shape index (κ3) is 5.95. The van der Waals surface area contributed by atoms with E-state index in [0.717, 1.165) is 31.0 Å². The fourth-order valence-electron chi connectivity index (χ4n) is 3.50. The molecule has 2 aromatic carbocycles. The van der Waals surface area contributed by atoms with Gasteiger partial charge in [-0.05, 0) is 67.8 Å². The van der Waals surface area contributed by atoms with Crippen molar-refractivity contribution in [2.24, 2.45) is 0 Å². The van der Waals surface area contributed by atoms with Crippen molar-refractivity contribution >= 4 is 21.4 Å². The van der Waals surface area contributed by atoms with E-state index >= 15 is 0 Å². The molecule has 0 amide bonds. The Morgan fingerprint density at radius 3 is 2.64 bits per heavy atom. The maximum atomic E-state index is 11.5. The number of halogens is 1. The average Bonchev–Trinajstić information content (AvgIpc) is 2.65. The SMILES string of the molecule is CS(=O)(=O)c1ccc(OC[C@@]2(O)CCCN(CCc3cccc(Cl)c3)C2)cc1. The summed E-state index contributed by atoms with van der Waals surface area (Å²) in [5, 5.41) is 11.7. The number of piperidine rings is 1. The van der Waals surface area contributed by atoms with Crippen LogP contribution in [0.1, 0.15) is 18.4 Å². The van der Waals surface area contributed by atoms with Gasteiger partial charge in [-0.2, -0.15) is 0 Å². The molecule has 0 spiro atoms. The highest BCUT2D eigenvalue weighted by molar-refractivity contribution is 7.90. The lowest BCUT2D eigenvalue weighted by Crippen LogP contribution is -2.52. The molecule has 1 aliphatic heterocycles. The van der Waals surface area contributed by atoms with Gasteiger partial charge in [-0.15, -0.1) is 0 Å². The number of β-amino-alcohol motifs (C(OH)–C–C–N with tert-alkyl or cyclic N) is 1. The van der Waals surface area contributed by atoms with Crippen LogP contribution in [0.4, 0.5) is 0 Å². The second-order valence-electron chi connectivity index (χ2n) is 7.52. The van der Waals surface area contributed by atoms with Crippen LogP contribution in [-0.4, -0.2) is 56.5 Å². The van der Waals surface area contributed by atoms with Crippen LogP contribution < -0.4 is 4.74 Å². The number of aliphatic hydroxyl groups is 1. The molecule has 1 fully saturated rings. The van der Waals surface area contributed by atoms with E-state index in [9.17, 15) is 13.5 Å². The monoisotopic (exact) mass is 423 g/mol. The lowest BCUT2D eigenvalue weighted by molar-refractivity contribution is -0.0598. The minimum absolute atomic E-state index is 0.179. The van der Waals surface area contributed by atoms with Crippen molar-refractivity contribution in [3.8, 4) is 5.75 Å². The summed E-state index contributed by atoms with van der Waals surface area (Å²) in [7, 11) is -3.23. The molecule has 3 rings (SSSR count). The first-order valence-corrected chi connectivity index (χ1v) is 11.6. The molecule has 0 aromatic heterocycles. The number of rotatable bonds is 7. The second-order valence-corrected chi connectivity index (χ2v) is 9.97. The minimum Gasteiger partial charge on any atom is -0.491 e. The molecule has 0 radical (unpaired) electrons. The van der Waals surface area contributed by atoms with Gasteiger partial charge in [0.15, 0.2) is 9.84 Å². The van der Waals surface area contributed by atoms with E-state index in [0.29, 0.717) is 18.7 Å². The molecule has 0 saturated carbocycles. The van der Waals surface area contributed by atoms with Crippen LogP contribution in [0, 0.1) is 0 Å². The standard InChI is InChI=1S/C21H26ClNO4S/c1-28(25,26)20-8-6-19(7-9-20)27-16-21(24)11-3-12-23(15-21)13-10-17-4-2-5-18(22)14-17/h2,4-9,14,24H,3,10-13,15-16H2,1H3/t21-/m1/s1. The zero-order valence-corrected chi connectivity index (χ0v) is 17.5. The lowest BCUT2D eigenvalue weighted by atomic mass is 9.93. The van der Waals surface area contributed by atoms with Crippen LogP contribution in [0.3, 0.4) is 0 Å². The van der Waals surface area contributed by atoms with Crippen molar-refractivity contribution in [2.45, 2.75) is 29.8 Å². The molecule has 152 valence electrons. The smallest absolute Gasteiger partial charge is 0.175 e. The predicted octanol–water partition coefficient (Wildman–Crippen LogP) is 3.19. The fraction of sp³-hybridized carbons (Fsp3) is 0.429. The van der Waals surface area contributed by atoms with Crippen molar-refractivity contribution in [1.29, 1.82) is 0 Å². The molecule has 0 bridgehead atoms. The average molecular weight is 424 g/mol. The van der Waals surface area contributed by atoms with E-state index in [1.165, 1.54) is 24.0 Å². The molecule has 28 heavy (non-hydrogen) atoms. The zero-order valence-electron chi connectivity index (χ0n) is 16.0. The molecule has 7 heteroatoms. The Kier molecular flexibility index (Phi) is 6.65. The Morgan fingerprint density at radius 2 is 1.96 bits per heavy atom. The van der Waals surface area contributed by atoms with Crippen molar-refractivity contribution in [1.82, 2.24) is 4.90 Å². The minimum atomic E-state index is -3.23. The first kappa shape index (κ1) is 21.1. The Bertz CT molecular complexity index is 901. The van der Waals surface area contributed by atoms with Crippen LogP contribution in [0.25, 0.3) is 0 Å². The molecule has 5 nitrogen and oxygen atoms in total. The molecule has 0 aliphatic carbocycles. The van der Waals surface area contributed by atoms with Gasteiger partial charge < -0.3 is 14.7 Å². The van der Waals surface area contributed by atoms with Gasteiger partial charge in [0.05, 0.1) is 4.90 Å². The van der Waals surface area contributed by atoms with Crippen molar-refractivity contribution in [3.63, 3.8) is 0 Å². The van der Waals surface area contributed by atoms with E-state index in [2.05, 4.69) is 11.0 Å². The van der Waals surface area contributed by atoms with E-state index in [1.807, 2.05) is 18.2 Å². The van der Waals surface area contributed by atoms with E-state index in [-0.39, 0.29) is 11.5 Å². The van der Waals surface area contributed by atoms with Gasteiger partial charge in [0.1, 0.15) is 18.0 Å². The number of nitrogens with zero attached hydrogens (tertiary/aromatic N) is 1. The molecule has 1 saturated heterocycles. The molecule has 1 aliphatic rings. The molecule has 0 unspecified atom stereocenters. The lowest BCUT2D eigenvalue weighted by Gasteiger charge is -2.39. The third-order valence-electron chi connectivity index (χ3n) is 5.00. The largest absolute Gasteiger partial charge is 0.491 e. The van der Waals surface area contributed by atoms with Crippen LogP contribution >= 0.6 is 11.6 Å². The van der Waals surface area contributed by atoms with Gasteiger partial charge in [0.25, 0.3) is 0 Å². The van der Waals surface area contributed by atoms with Gasteiger partial charge in [-0.1, -0.05) is 23.7 Å². The Labute approximate surface area is 171 Å². The van der Waals surface area contributed by atoms with Crippen LogP contribution in [0.15, 0.2) is 53.4 Å². The summed E-state index contributed by atoms with van der Waals surface area (Å²) in [6.07, 6.45) is 3.64. The van der Waals surface area contributed by atoms with Crippen molar-refractivity contribution in [3.05, 3.63) is 59.1 Å². The van der Waals surface area contributed by atoms with Gasteiger partial charge in [-0.3, -0.25) is 0 Å². The predicted molar refractivity (Wildman–Crippen MR) is 111 cm³/mol. The molecule has 1 atom stereocenters. The zero-order chi connectivity index (χ0) is 20.2. The summed E-state index contributed by atoms with van der Waals surface area (Å²) >= 11 is 6.04. The maximum absolute atomic E-state index is 11.5. The summed E-state index contributed by atoms with van der Waals surface area (Å²) in [6, 6.07) is 14.1. The summed E-state index contributed by atoms with van der Waals surface area (Å²) in [5.41, 5.74) is 0.270. The van der Waals surface area contributed by atoms with Crippen molar-refractivity contribution in [2.75, 3.05) is 32.5 Å². The number of hydrogen-bond donors (Lipinski definition) is 1. The fourth-order valence-corrected chi connectivity index (χ4v) is 4.34. The Balaban J connectivity index is 1.53. The highest BCUT2D eigenvalue weighted by Gasteiger charge is 2.34. The van der Waals surface area contributed by atoms with Crippen LogP contribution in [0.2, 0.25) is 5.02 Å². The summed E-state index contributed by atoms with van der Waals surface area (Å²) < 4.78 is 28.8. The topological polar surface area (TPSA) is 66.8 Å². The first-order chi connectivity index (χ1) is 13.2. The normalized spacial score (nSPS) is 20.8. The molecular formula is C21H26ClNO4S. The molecule has 1 N–H and O–H groups in total. The number of likely N-dealkylation sites (tertiary alicyclic amines) is 1. The highest BCUT2D eigenvalue weighted by atomic mass is 35.5. The maximum Gasteiger partial charge on any atom is 0.175 e. The Morgan fingerprint density at radius 1 is 1.21 bits per heavy atom. The van der Waals surface area contributed by atoms with Crippen LogP contribution in [0.5, 0.6) is 5.75 Å². The quantitative estimate of drug-likeness (QED) is 0.740.